The molecule has 0 aliphatic rings. The summed E-state index contributed by atoms with van der Waals surface area (Å²) >= 11 is 7.50. The van der Waals surface area contributed by atoms with Gasteiger partial charge in [0.05, 0.1) is 16.8 Å². The van der Waals surface area contributed by atoms with Gasteiger partial charge in [-0.2, -0.15) is 5.26 Å². The van der Waals surface area contributed by atoms with Gasteiger partial charge in [0.2, 0.25) is 0 Å². The summed E-state index contributed by atoms with van der Waals surface area (Å²) < 4.78 is 1.97. The van der Waals surface area contributed by atoms with Crippen LogP contribution in [0, 0.1) is 18.3 Å². The van der Waals surface area contributed by atoms with E-state index in [2.05, 4.69) is 12.1 Å². The van der Waals surface area contributed by atoms with Crippen LogP contribution in [-0.2, 0) is 6.42 Å². The van der Waals surface area contributed by atoms with Gasteiger partial charge in [-0.05, 0) is 35.6 Å². The first-order valence-electron chi connectivity index (χ1n) is 4.26. The summed E-state index contributed by atoms with van der Waals surface area (Å²) in [6.45, 7) is 2.05. The number of aryl methyl sites for hydroxylation is 1. The molecule has 0 radical (unpaired) electrons. The molecular formula is C11H8ClNS. The molecule has 0 amide bonds. The fraction of sp³-hybridized carbons (Fsp3) is 0.182. The first kappa shape index (κ1) is 9.51. The van der Waals surface area contributed by atoms with Gasteiger partial charge in [0.15, 0.2) is 0 Å². The third-order valence-corrected chi connectivity index (χ3v) is 3.37. The van der Waals surface area contributed by atoms with Crippen molar-refractivity contribution in [3.63, 3.8) is 0 Å². The molecule has 0 aliphatic heterocycles. The van der Waals surface area contributed by atoms with Gasteiger partial charge in [-0.3, -0.25) is 0 Å². The Hall–Kier alpha value is -1.04. The zero-order valence-electron chi connectivity index (χ0n) is 7.67. The molecule has 0 fully saturated rings. The quantitative estimate of drug-likeness (QED) is 0.716. The lowest BCUT2D eigenvalue weighted by molar-refractivity contribution is 1.26. The summed E-state index contributed by atoms with van der Waals surface area (Å²) in [5.41, 5.74) is 2.26. The van der Waals surface area contributed by atoms with E-state index in [1.807, 2.05) is 19.1 Å². The summed E-state index contributed by atoms with van der Waals surface area (Å²) in [5.74, 6) is 0. The molecule has 0 unspecified atom stereocenters. The molecule has 2 aromatic rings. The first-order valence-corrected chi connectivity index (χ1v) is 5.45. The standard InChI is InChI=1S/C11H8ClNS/c1-7-4-8(2-3-13)5-10-9(7)6-11(12)14-10/h4-6H,2H2,1H3. The molecule has 3 heteroatoms. The molecule has 0 saturated heterocycles. The third-order valence-electron chi connectivity index (χ3n) is 2.16. The summed E-state index contributed by atoms with van der Waals surface area (Å²) in [5, 5.41) is 9.81. The fourth-order valence-electron chi connectivity index (χ4n) is 1.55. The average Bonchev–Trinajstić information content (AvgIpc) is 2.47. The lowest BCUT2D eigenvalue weighted by Crippen LogP contribution is -1.82. The minimum absolute atomic E-state index is 0.465. The number of thiophene rings is 1. The Kier molecular flexibility index (Phi) is 2.45. The second kappa shape index (κ2) is 3.61. The highest BCUT2D eigenvalue weighted by atomic mass is 35.5. The smallest absolute Gasteiger partial charge is 0.0940 e. The van der Waals surface area contributed by atoms with Gasteiger partial charge in [0, 0.05) is 4.70 Å². The SMILES string of the molecule is Cc1cc(CC#N)cc2sc(Cl)cc12. The van der Waals surface area contributed by atoms with E-state index in [1.54, 1.807) is 11.3 Å². The molecule has 1 aromatic carbocycles. The molecule has 2 rings (SSSR count). The van der Waals surface area contributed by atoms with Gasteiger partial charge in [-0.15, -0.1) is 11.3 Å². The monoisotopic (exact) mass is 221 g/mol. The molecular weight excluding hydrogens is 214 g/mol. The molecule has 0 N–H and O–H groups in total. The van der Waals surface area contributed by atoms with E-state index in [-0.39, 0.29) is 0 Å². The van der Waals surface area contributed by atoms with E-state index in [9.17, 15) is 0 Å². The van der Waals surface area contributed by atoms with Crippen molar-refractivity contribution in [2.45, 2.75) is 13.3 Å². The van der Waals surface area contributed by atoms with E-state index in [0.717, 1.165) is 9.90 Å². The van der Waals surface area contributed by atoms with E-state index in [1.165, 1.54) is 15.6 Å². The van der Waals surface area contributed by atoms with Gasteiger partial charge in [0.25, 0.3) is 0 Å². The Labute approximate surface area is 91.5 Å². The average molecular weight is 222 g/mol. The maximum Gasteiger partial charge on any atom is 0.0940 e. The van der Waals surface area contributed by atoms with Crippen LogP contribution >= 0.6 is 22.9 Å². The fourth-order valence-corrected chi connectivity index (χ4v) is 2.83. The van der Waals surface area contributed by atoms with Crippen LogP contribution in [0.25, 0.3) is 10.1 Å². The zero-order chi connectivity index (χ0) is 10.1. The Morgan fingerprint density at radius 3 is 2.93 bits per heavy atom. The second-order valence-electron chi connectivity index (χ2n) is 3.21. The Balaban J connectivity index is 2.66. The lowest BCUT2D eigenvalue weighted by atomic mass is 10.1. The topological polar surface area (TPSA) is 23.8 Å². The largest absolute Gasteiger partial charge is 0.198 e. The van der Waals surface area contributed by atoms with E-state index in [0.29, 0.717) is 6.42 Å². The van der Waals surface area contributed by atoms with Crippen molar-refractivity contribution >= 4 is 33.0 Å². The van der Waals surface area contributed by atoms with Gasteiger partial charge in [0.1, 0.15) is 0 Å². The summed E-state index contributed by atoms with van der Waals surface area (Å²) in [7, 11) is 0. The molecule has 0 saturated carbocycles. The van der Waals surface area contributed by atoms with Crippen LogP contribution in [0.5, 0.6) is 0 Å². The molecule has 0 bridgehead atoms. The van der Waals surface area contributed by atoms with Crippen LogP contribution in [0.15, 0.2) is 18.2 Å². The number of fused-ring (bicyclic) bond motifs is 1. The van der Waals surface area contributed by atoms with Crippen LogP contribution in [0.4, 0.5) is 0 Å². The number of hydrogen-bond acceptors (Lipinski definition) is 2. The van der Waals surface area contributed by atoms with Gasteiger partial charge in [-0.1, -0.05) is 17.7 Å². The van der Waals surface area contributed by atoms with Crippen LogP contribution in [-0.4, -0.2) is 0 Å². The van der Waals surface area contributed by atoms with Crippen LogP contribution in [0.3, 0.4) is 0 Å². The lowest BCUT2D eigenvalue weighted by Gasteiger charge is -1.99. The molecule has 1 heterocycles. The molecule has 0 atom stereocenters. The maximum absolute atomic E-state index is 8.62. The Morgan fingerprint density at radius 2 is 2.21 bits per heavy atom. The number of halogens is 1. The number of nitrogens with zero attached hydrogens (tertiary/aromatic N) is 1. The number of rotatable bonds is 1. The van der Waals surface area contributed by atoms with Gasteiger partial charge in [-0.25, -0.2) is 0 Å². The zero-order valence-corrected chi connectivity index (χ0v) is 9.25. The highest BCUT2D eigenvalue weighted by Crippen LogP contribution is 2.32. The Bertz CT molecular complexity index is 522. The van der Waals surface area contributed by atoms with E-state index < -0.39 is 0 Å². The predicted molar refractivity (Wildman–Crippen MR) is 60.9 cm³/mol. The normalized spacial score (nSPS) is 10.4. The maximum atomic E-state index is 8.62. The highest BCUT2D eigenvalue weighted by molar-refractivity contribution is 7.22. The van der Waals surface area contributed by atoms with Crippen molar-refractivity contribution in [1.82, 2.24) is 0 Å². The minimum atomic E-state index is 0.465. The summed E-state index contributed by atoms with van der Waals surface area (Å²) in [4.78, 5) is 0. The Morgan fingerprint density at radius 1 is 1.43 bits per heavy atom. The van der Waals surface area contributed by atoms with E-state index in [4.69, 9.17) is 16.9 Å². The van der Waals surface area contributed by atoms with Crippen LogP contribution in [0.1, 0.15) is 11.1 Å². The molecule has 70 valence electrons. The first-order chi connectivity index (χ1) is 6.70. The number of hydrogen-bond donors (Lipinski definition) is 0. The molecule has 0 aliphatic carbocycles. The molecule has 0 spiro atoms. The van der Waals surface area contributed by atoms with Crippen molar-refractivity contribution in [3.8, 4) is 6.07 Å². The number of benzene rings is 1. The van der Waals surface area contributed by atoms with Crippen molar-refractivity contribution in [2.24, 2.45) is 0 Å². The van der Waals surface area contributed by atoms with E-state index >= 15 is 0 Å². The van der Waals surface area contributed by atoms with Crippen LogP contribution in [0.2, 0.25) is 4.34 Å². The summed E-state index contributed by atoms with van der Waals surface area (Å²) in [6, 6.07) is 8.23. The third kappa shape index (κ3) is 1.61. The summed E-state index contributed by atoms with van der Waals surface area (Å²) in [6.07, 6.45) is 0.465. The number of nitriles is 1. The second-order valence-corrected chi connectivity index (χ2v) is 4.93. The molecule has 14 heavy (non-hydrogen) atoms. The van der Waals surface area contributed by atoms with Gasteiger partial charge >= 0.3 is 0 Å². The van der Waals surface area contributed by atoms with Gasteiger partial charge < -0.3 is 0 Å². The highest BCUT2D eigenvalue weighted by Gasteiger charge is 2.04. The van der Waals surface area contributed by atoms with Crippen molar-refractivity contribution in [2.75, 3.05) is 0 Å². The van der Waals surface area contributed by atoms with Crippen LogP contribution < -0.4 is 0 Å². The van der Waals surface area contributed by atoms with Crippen molar-refractivity contribution in [1.29, 1.82) is 5.26 Å². The molecule has 1 nitrogen and oxygen atoms in total. The molecule has 1 aromatic heterocycles. The minimum Gasteiger partial charge on any atom is -0.198 e. The van der Waals surface area contributed by atoms with Crippen molar-refractivity contribution in [3.05, 3.63) is 33.7 Å². The predicted octanol–water partition coefficient (Wildman–Crippen LogP) is 3.93. The van der Waals surface area contributed by atoms with Crippen molar-refractivity contribution < 1.29 is 0 Å².